The third kappa shape index (κ3) is 5.89. The molecule has 0 radical (unpaired) electrons. The summed E-state index contributed by atoms with van der Waals surface area (Å²) in [5.41, 5.74) is 2.25. The molecule has 4 aromatic rings. The molecule has 0 fully saturated rings. The number of hydrogen-bond donors (Lipinski definition) is 1. The van der Waals surface area contributed by atoms with Gasteiger partial charge >= 0.3 is 17.7 Å². The molecule has 34 heavy (non-hydrogen) atoms. The molecule has 172 valence electrons. The fourth-order valence-electron chi connectivity index (χ4n) is 3.51. The molecule has 1 aromatic heterocycles. The van der Waals surface area contributed by atoms with E-state index in [-0.39, 0.29) is 18.8 Å². The van der Waals surface area contributed by atoms with Crippen LogP contribution < -0.4 is 15.7 Å². The van der Waals surface area contributed by atoms with E-state index < -0.39 is 23.7 Å². The second-order valence-corrected chi connectivity index (χ2v) is 7.78. The molecule has 1 N–H and O–H groups in total. The molecule has 1 amide bonds. The number of rotatable bonds is 7. The van der Waals surface area contributed by atoms with Crippen LogP contribution >= 0.6 is 0 Å². The van der Waals surface area contributed by atoms with Crippen molar-refractivity contribution in [1.29, 1.82) is 0 Å². The molecule has 7 heteroatoms. The van der Waals surface area contributed by atoms with E-state index in [4.69, 9.17) is 13.9 Å². The molecule has 1 atom stereocenters. The second-order valence-electron chi connectivity index (χ2n) is 7.78. The van der Waals surface area contributed by atoms with E-state index >= 15 is 0 Å². The first kappa shape index (κ1) is 22.8. The van der Waals surface area contributed by atoms with E-state index in [1.807, 2.05) is 60.7 Å². The van der Waals surface area contributed by atoms with Gasteiger partial charge in [0.2, 0.25) is 0 Å². The third-order valence-electron chi connectivity index (χ3n) is 5.21. The Hall–Kier alpha value is -4.39. The summed E-state index contributed by atoms with van der Waals surface area (Å²) in [6, 6.07) is 23.7. The van der Waals surface area contributed by atoms with Crippen molar-refractivity contribution in [3.63, 3.8) is 0 Å². The normalized spacial score (nSPS) is 11.6. The van der Waals surface area contributed by atoms with E-state index in [1.165, 1.54) is 12.1 Å². The summed E-state index contributed by atoms with van der Waals surface area (Å²) >= 11 is 0. The Bertz CT molecular complexity index is 1350. The Labute approximate surface area is 195 Å². The van der Waals surface area contributed by atoms with Crippen molar-refractivity contribution in [3.8, 4) is 5.75 Å². The van der Waals surface area contributed by atoms with Crippen molar-refractivity contribution >= 4 is 23.0 Å². The highest BCUT2D eigenvalue weighted by Crippen LogP contribution is 2.22. The van der Waals surface area contributed by atoms with Crippen LogP contribution in [0.25, 0.3) is 11.0 Å². The molecule has 0 saturated carbocycles. The minimum atomic E-state index is -0.995. The minimum Gasteiger partial charge on any atom is -0.445 e. The predicted molar refractivity (Wildman–Crippen MR) is 127 cm³/mol. The maximum Gasteiger partial charge on any atom is 0.408 e. The highest BCUT2D eigenvalue weighted by molar-refractivity contribution is 5.85. The summed E-state index contributed by atoms with van der Waals surface area (Å²) < 4.78 is 16.0. The van der Waals surface area contributed by atoms with E-state index in [9.17, 15) is 14.4 Å². The van der Waals surface area contributed by atoms with Gasteiger partial charge in [0.15, 0.2) is 0 Å². The number of esters is 1. The largest absolute Gasteiger partial charge is 0.445 e. The van der Waals surface area contributed by atoms with E-state index in [2.05, 4.69) is 5.32 Å². The number of benzene rings is 3. The zero-order valence-corrected chi connectivity index (χ0v) is 18.5. The van der Waals surface area contributed by atoms with Gasteiger partial charge in [-0.15, -0.1) is 0 Å². The van der Waals surface area contributed by atoms with Crippen molar-refractivity contribution in [1.82, 2.24) is 5.32 Å². The van der Waals surface area contributed by atoms with Gasteiger partial charge in [0.1, 0.15) is 24.0 Å². The molecule has 3 aromatic carbocycles. The SMILES string of the molecule is Cc1cc(=O)oc2cc(OC(=O)[C@@H](Cc3ccccc3)NC(=O)OCc3ccccc3)ccc12. The smallest absolute Gasteiger partial charge is 0.408 e. The van der Waals surface area contributed by atoms with Crippen LogP contribution in [0.4, 0.5) is 4.79 Å². The van der Waals surface area contributed by atoms with E-state index in [1.54, 1.807) is 19.1 Å². The number of alkyl carbamates (subject to hydrolysis) is 1. The van der Waals surface area contributed by atoms with Gasteiger partial charge in [0.25, 0.3) is 0 Å². The zero-order chi connectivity index (χ0) is 23.9. The molecular formula is C27H23NO6. The van der Waals surface area contributed by atoms with Crippen LogP contribution in [0.5, 0.6) is 5.75 Å². The van der Waals surface area contributed by atoms with Crippen molar-refractivity contribution in [2.45, 2.75) is 26.0 Å². The molecule has 7 nitrogen and oxygen atoms in total. The first-order valence-corrected chi connectivity index (χ1v) is 10.8. The molecule has 0 saturated heterocycles. The average molecular weight is 457 g/mol. The standard InChI is InChI=1S/C27H23NO6/c1-18-14-25(29)34-24-16-21(12-13-22(18)24)33-26(30)23(15-19-8-4-2-5-9-19)28-27(31)32-17-20-10-6-3-7-11-20/h2-14,16,23H,15,17H2,1H3,(H,28,31)/t23-/m1/s1. The molecule has 0 bridgehead atoms. The Kier molecular flexibility index (Phi) is 7.03. The number of carbonyl (C=O) groups is 2. The molecule has 0 aliphatic heterocycles. The molecule has 0 unspecified atom stereocenters. The first-order chi connectivity index (χ1) is 16.5. The summed E-state index contributed by atoms with van der Waals surface area (Å²) in [5.74, 6) is -0.473. The summed E-state index contributed by atoms with van der Waals surface area (Å²) in [7, 11) is 0. The van der Waals surface area contributed by atoms with Crippen LogP contribution in [0.1, 0.15) is 16.7 Å². The van der Waals surface area contributed by atoms with Gasteiger partial charge in [-0.1, -0.05) is 60.7 Å². The van der Waals surface area contributed by atoms with Crippen LogP contribution in [-0.4, -0.2) is 18.1 Å². The molecular weight excluding hydrogens is 434 g/mol. The number of ether oxygens (including phenoxy) is 2. The average Bonchev–Trinajstić information content (AvgIpc) is 2.83. The fraction of sp³-hybridized carbons (Fsp3) is 0.148. The van der Waals surface area contributed by atoms with Crippen molar-refractivity contribution in [3.05, 3.63) is 112 Å². The van der Waals surface area contributed by atoms with Crippen LogP contribution in [0, 0.1) is 6.92 Å². The molecule has 0 aliphatic rings. The van der Waals surface area contributed by atoms with Crippen LogP contribution in [0.15, 0.2) is 94.1 Å². The Morgan fingerprint density at radius 1 is 0.912 bits per heavy atom. The fourth-order valence-corrected chi connectivity index (χ4v) is 3.51. The maximum atomic E-state index is 13.0. The third-order valence-corrected chi connectivity index (χ3v) is 5.21. The van der Waals surface area contributed by atoms with E-state index in [0.29, 0.717) is 5.58 Å². The number of hydrogen-bond acceptors (Lipinski definition) is 6. The van der Waals surface area contributed by atoms with Gasteiger partial charge in [0.05, 0.1) is 0 Å². The topological polar surface area (TPSA) is 94.8 Å². The van der Waals surface area contributed by atoms with Crippen LogP contribution in [-0.2, 0) is 22.6 Å². The highest BCUT2D eigenvalue weighted by atomic mass is 16.6. The van der Waals surface area contributed by atoms with Crippen LogP contribution in [0.2, 0.25) is 0 Å². The number of carbonyl (C=O) groups excluding carboxylic acids is 2. The summed E-state index contributed by atoms with van der Waals surface area (Å²) in [5, 5.41) is 3.34. The molecule has 0 aliphatic carbocycles. The number of amides is 1. The summed E-state index contributed by atoms with van der Waals surface area (Å²) in [4.78, 5) is 37.1. The molecule has 4 rings (SSSR count). The summed E-state index contributed by atoms with van der Waals surface area (Å²) in [6.07, 6.45) is -0.524. The number of nitrogens with one attached hydrogen (secondary N) is 1. The van der Waals surface area contributed by atoms with Gasteiger partial charge in [-0.2, -0.15) is 0 Å². The number of fused-ring (bicyclic) bond motifs is 1. The number of aryl methyl sites for hydroxylation is 1. The van der Waals surface area contributed by atoms with Crippen molar-refractivity contribution < 1.29 is 23.5 Å². The maximum absolute atomic E-state index is 13.0. The zero-order valence-electron chi connectivity index (χ0n) is 18.5. The van der Waals surface area contributed by atoms with Gasteiger partial charge in [-0.25, -0.2) is 14.4 Å². The Morgan fingerprint density at radius 2 is 1.59 bits per heavy atom. The lowest BCUT2D eigenvalue weighted by Gasteiger charge is -2.18. The minimum absolute atomic E-state index is 0.0723. The lowest BCUT2D eigenvalue weighted by Crippen LogP contribution is -2.44. The lowest BCUT2D eigenvalue weighted by molar-refractivity contribution is -0.136. The van der Waals surface area contributed by atoms with Gasteiger partial charge in [-0.05, 0) is 35.7 Å². The summed E-state index contributed by atoms with van der Waals surface area (Å²) in [6.45, 7) is 1.87. The highest BCUT2D eigenvalue weighted by Gasteiger charge is 2.24. The van der Waals surface area contributed by atoms with Gasteiger partial charge in [0, 0.05) is 23.9 Å². The van der Waals surface area contributed by atoms with Crippen molar-refractivity contribution in [2.75, 3.05) is 0 Å². The van der Waals surface area contributed by atoms with Gasteiger partial charge in [-0.3, -0.25) is 0 Å². The lowest BCUT2D eigenvalue weighted by atomic mass is 10.1. The van der Waals surface area contributed by atoms with Crippen molar-refractivity contribution in [2.24, 2.45) is 0 Å². The second kappa shape index (κ2) is 10.5. The molecule has 0 spiro atoms. The monoisotopic (exact) mass is 457 g/mol. The van der Waals surface area contributed by atoms with E-state index in [0.717, 1.165) is 22.1 Å². The molecule has 1 heterocycles. The first-order valence-electron chi connectivity index (χ1n) is 10.8. The predicted octanol–water partition coefficient (Wildman–Crippen LogP) is 4.54. The van der Waals surface area contributed by atoms with Crippen LogP contribution in [0.3, 0.4) is 0 Å². The Balaban J connectivity index is 1.49. The van der Waals surface area contributed by atoms with Gasteiger partial charge < -0.3 is 19.2 Å². The Morgan fingerprint density at radius 3 is 2.29 bits per heavy atom. The quantitative estimate of drug-likeness (QED) is 0.249.